The molecule has 1 aliphatic rings. The van der Waals surface area contributed by atoms with Crippen molar-refractivity contribution in [2.75, 3.05) is 10.5 Å². The van der Waals surface area contributed by atoms with Crippen molar-refractivity contribution in [2.45, 2.75) is 45.6 Å². The Bertz CT molecular complexity index is 676. The van der Waals surface area contributed by atoms with Gasteiger partial charge >= 0.3 is 0 Å². The van der Waals surface area contributed by atoms with Crippen LogP contribution in [0.5, 0.6) is 0 Å². The van der Waals surface area contributed by atoms with Crippen molar-refractivity contribution in [1.29, 1.82) is 0 Å². The first-order valence-corrected chi connectivity index (χ1v) is 8.98. The van der Waals surface area contributed by atoms with Crippen LogP contribution in [0.2, 0.25) is 0 Å². The highest BCUT2D eigenvalue weighted by molar-refractivity contribution is 8.00. The largest absolute Gasteiger partial charge is 0.350 e. The maximum absolute atomic E-state index is 12.3. The van der Waals surface area contributed by atoms with E-state index >= 15 is 0 Å². The topological polar surface area (TPSA) is 56.9 Å². The fraction of sp³-hybridized carbons (Fsp3) is 0.471. The number of hydrogen-bond donors (Lipinski definition) is 3. The van der Waals surface area contributed by atoms with E-state index in [9.17, 15) is 4.79 Å². The van der Waals surface area contributed by atoms with Gasteiger partial charge in [0.05, 0.1) is 0 Å². The Balaban J connectivity index is 1.75. The summed E-state index contributed by atoms with van der Waals surface area (Å²) in [5.74, 6) is 1.12. The fourth-order valence-corrected chi connectivity index (χ4v) is 3.28. The number of carbonyl (C=O) groups is 1. The molecule has 5 heteroatoms. The van der Waals surface area contributed by atoms with E-state index < -0.39 is 0 Å². The van der Waals surface area contributed by atoms with Crippen molar-refractivity contribution in [1.82, 2.24) is 10.3 Å². The zero-order chi connectivity index (χ0) is 15.5. The highest BCUT2D eigenvalue weighted by Gasteiger charge is 2.25. The molecular formula is C17H23N3OS. The lowest BCUT2D eigenvalue weighted by Gasteiger charge is -2.05. The summed E-state index contributed by atoms with van der Waals surface area (Å²) < 4.78 is 3.38. The Hall–Kier alpha value is -1.62. The van der Waals surface area contributed by atoms with Crippen LogP contribution in [-0.4, -0.2) is 22.7 Å². The van der Waals surface area contributed by atoms with Gasteiger partial charge in [0.2, 0.25) is 0 Å². The quantitative estimate of drug-likeness (QED) is 0.529. The first-order valence-electron chi connectivity index (χ1n) is 8.00. The van der Waals surface area contributed by atoms with Crippen LogP contribution in [0.15, 0.2) is 18.2 Å². The minimum atomic E-state index is 0.0167. The highest BCUT2D eigenvalue weighted by Crippen LogP contribution is 2.27. The molecule has 1 saturated carbocycles. The maximum Gasteiger partial charge on any atom is 0.268 e. The number of fused-ring (bicyclic) bond motifs is 1. The van der Waals surface area contributed by atoms with Gasteiger partial charge in [-0.15, -0.1) is 0 Å². The molecule has 0 saturated heterocycles. The number of aryl methyl sites for hydroxylation is 1. The molecule has 1 amide bonds. The van der Waals surface area contributed by atoms with Crippen LogP contribution in [0.4, 0.5) is 5.69 Å². The Labute approximate surface area is 135 Å². The zero-order valence-electron chi connectivity index (χ0n) is 13.2. The van der Waals surface area contributed by atoms with Crippen LogP contribution < -0.4 is 10.0 Å². The average Bonchev–Trinajstić information content (AvgIpc) is 3.27. The molecule has 22 heavy (non-hydrogen) atoms. The number of anilines is 1. The van der Waals surface area contributed by atoms with Gasteiger partial charge < -0.3 is 15.0 Å². The molecule has 0 aliphatic heterocycles. The maximum atomic E-state index is 12.3. The smallest absolute Gasteiger partial charge is 0.268 e. The first-order chi connectivity index (χ1) is 10.7. The van der Waals surface area contributed by atoms with Crippen molar-refractivity contribution in [2.24, 2.45) is 0 Å². The van der Waals surface area contributed by atoms with Gasteiger partial charge in [-0.2, -0.15) is 0 Å². The van der Waals surface area contributed by atoms with E-state index in [1.807, 2.05) is 13.0 Å². The number of aromatic amines is 1. The molecule has 0 atom stereocenters. The number of nitrogens with one attached hydrogen (secondary N) is 3. The van der Waals surface area contributed by atoms with E-state index in [0.29, 0.717) is 11.7 Å². The van der Waals surface area contributed by atoms with Gasteiger partial charge in [0, 0.05) is 28.4 Å². The Morgan fingerprint density at radius 2 is 2.23 bits per heavy atom. The minimum Gasteiger partial charge on any atom is -0.350 e. The second-order valence-corrected chi connectivity index (χ2v) is 6.84. The molecular weight excluding hydrogens is 294 g/mol. The van der Waals surface area contributed by atoms with Gasteiger partial charge in [0.15, 0.2) is 0 Å². The average molecular weight is 317 g/mol. The standard InChI is InChI=1S/C17H23N3OS/c1-3-4-9-22-20-13-7-8-15-14(10-13)11(2)16(19-15)17(21)18-12-5-6-12/h7-8,10,12,19-20H,3-6,9H2,1-2H3,(H,18,21). The summed E-state index contributed by atoms with van der Waals surface area (Å²) in [7, 11) is 0. The summed E-state index contributed by atoms with van der Waals surface area (Å²) >= 11 is 1.74. The summed E-state index contributed by atoms with van der Waals surface area (Å²) in [4.78, 5) is 15.5. The van der Waals surface area contributed by atoms with Gasteiger partial charge in [-0.1, -0.05) is 25.3 Å². The predicted octanol–water partition coefficient (Wildman–Crippen LogP) is 4.23. The summed E-state index contributed by atoms with van der Waals surface area (Å²) in [6, 6.07) is 6.60. The lowest BCUT2D eigenvalue weighted by molar-refractivity contribution is 0.0946. The van der Waals surface area contributed by atoms with Crippen molar-refractivity contribution in [3.63, 3.8) is 0 Å². The van der Waals surface area contributed by atoms with Crippen LogP contribution in [-0.2, 0) is 0 Å². The van der Waals surface area contributed by atoms with E-state index in [1.165, 1.54) is 12.8 Å². The molecule has 0 bridgehead atoms. The zero-order valence-corrected chi connectivity index (χ0v) is 14.0. The van der Waals surface area contributed by atoms with E-state index in [1.54, 1.807) is 11.9 Å². The third kappa shape index (κ3) is 3.40. The number of aromatic nitrogens is 1. The van der Waals surface area contributed by atoms with E-state index in [0.717, 1.165) is 40.7 Å². The van der Waals surface area contributed by atoms with Gasteiger partial charge in [-0.05, 0) is 49.9 Å². The van der Waals surface area contributed by atoms with Gasteiger partial charge in [-0.3, -0.25) is 4.79 Å². The number of rotatable bonds is 7. The van der Waals surface area contributed by atoms with Crippen molar-refractivity contribution < 1.29 is 4.79 Å². The lowest BCUT2D eigenvalue weighted by atomic mass is 10.1. The third-order valence-corrected chi connectivity index (χ3v) is 4.86. The molecule has 1 aromatic carbocycles. The molecule has 1 heterocycles. The van der Waals surface area contributed by atoms with Crippen molar-refractivity contribution >= 4 is 34.4 Å². The molecule has 1 fully saturated rings. The molecule has 1 aromatic heterocycles. The molecule has 0 radical (unpaired) electrons. The predicted molar refractivity (Wildman–Crippen MR) is 94.5 cm³/mol. The van der Waals surface area contributed by atoms with Crippen LogP contribution >= 0.6 is 11.9 Å². The Morgan fingerprint density at radius 3 is 2.95 bits per heavy atom. The monoisotopic (exact) mass is 317 g/mol. The number of amides is 1. The van der Waals surface area contributed by atoms with Gasteiger partial charge in [0.25, 0.3) is 5.91 Å². The molecule has 118 valence electrons. The van der Waals surface area contributed by atoms with Gasteiger partial charge in [0.1, 0.15) is 5.69 Å². The normalized spacial score (nSPS) is 14.3. The van der Waals surface area contributed by atoms with E-state index in [-0.39, 0.29) is 5.91 Å². The highest BCUT2D eigenvalue weighted by atomic mass is 32.2. The van der Waals surface area contributed by atoms with Crippen LogP contribution in [0.3, 0.4) is 0 Å². The molecule has 0 spiro atoms. The summed E-state index contributed by atoms with van der Waals surface area (Å²) in [6.07, 6.45) is 4.64. The molecule has 2 aromatic rings. The summed E-state index contributed by atoms with van der Waals surface area (Å²) in [5.41, 5.74) is 3.82. The molecule has 3 rings (SSSR count). The molecule has 3 N–H and O–H groups in total. The van der Waals surface area contributed by atoms with Gasteiger partial charge in [-0.25, -0.2) is 0 Å². The second-order valence-electron chi connectivity index (χ2n) is 5.94. The number of unbranched alkanes of at least 4 members (excludes halogenated alkanes) is 1. The lowest BCUT2D eigenvalue weighted by Crippen LogP contribution is -2.26. The number of hydrogen-bond acceptors (Lipinski definition) is 3. The number of benzene rings is 1. The minimum absolute atomic E-state index is 0.0167. The molecule has 1 aliphatic carbocycles. The summed E-state index contributed by atoms with van der Waals surface area (Å²) in [6.45, 7) is 4.21. The van der Waals surface area contributed by atoms with Crippen LogP contribution in [0, 0.1) is 6.92 Å². The van der Waals surface area contributed by atoms with Crippen molar-refractivity contribution in [3.8, 4) is 0 Å². The van der Waals surface area contributed by atoms with E-state index in [2.05, 4.69) is 34.1 Å². The third-order valence-electron chi connectivity index (χ3n) is 3.99. The molecule has 0 unspecified atom stereocenters. The first kappa shape index (κ1) is 15.3. The van der Waals surface area contributed by atoms with Crippen LogP contribution in [0.1, 0.15) is 48.7 Å². The fourth-order valence-electron chi connectivity index (χ4n) is 2.45. The second kappa shape index (κ2) is 6.65. The van der Waals surface area contributed by atoms with Crippen molar-refractivity contribution in [3.05, 3.63) is 29.5 Å². The Morgan fingerprint density at radius 1 is 1.41 bits per heavy atom. The number of carbonyl (C=O) groups excluding carboxylic acids is 1. The van der Waals surface area contributed by atoms with Crippen LogP contribution in [0.25, 0.3) is 10.9 Å². The number of H-pyrrole nitrogens is 1. The Kier molecular flexibility index (Phi) is 4.62. The molecule has 4 nitrogen and oxygen atoms in total. The SMILES string of the molecule is CCCCSNc1ccc2[nH]c(C(=O)NC3CC3)c(C)c2c1. The van der Waals surface area contributed by atoms with E-state index in [4.69, 9.17) is 0 Å². The summed E-state index contributed by atoms with van der Waals surface area (Å²) in [5, 5.41) is 4.16.